The van der Waals surface area contributed by atoms with E-state index in [-0.39, 0.29) is 0 Å². The van der Waals surface area contributed by atoms with E-state index in [0.717, 1.165) is 0 Å². The smallest absolute Gasteiger partial charge is 0.0890 e. The van der Waals surface area contributed by atoms with Crippen molar-refractivity contribution in [3.63, 3.8) is 0 Å². The van der Waals surface area contributed by atoms with Crippen LogP contribution < -0.4 is 0 Å². The SMILES string of the molecule is C=CC(CCC)[P+](C(C=C)CCC)(C(C=C)CCC)C(C=C)CCC. The summed E-state index contributed by atoms with van der Waals surface area (Å²) in [7, 11) is -1.48. The Labute approximate surface area is 159 Å². The first-order valence-corrected chi connectivity index (χ1v) is 12.5. The van der Waals surface area contributed by atoms with Crippen LogP contribution in [0.2, 0.25) is 0 Å². The molecule has 0 aromatic heterocycles. The molecule has 0 N–H and O–H groups in total. The first-order valence-electron chi connectivity index (χ1n) is 10.5. The molecule has 144 valence electrons. The maximum atomic E-state index is 4.30. The lowest BCUT2D eigenvalue weighted by Crippen LogP contribution is -2.36. The molecule has 0 aromatic carbocycles. The van der Waals surface area contributed by atoms with Gasteiger partial charge >= 0.3 is 0 Å². The van der Waals surface area contributed by atoms with E-state index in [2.05, 4.69) is 78.3 Å². The zero-order valence-corrected chi connectivity index (χ0v) is 18.4. The molecule has 25 heavy (non-hydrogen) atoms. The predicted molar refractivity (Wildman–Crippen MR) is 122 cm³/mol. The maximum absolute atomic E-state index is 4.30. The molecule has 0 aliphatic rings. The van der Waals surface area contributed by atoms with Gasteiger partial charge in [-0.15, -0.1) is 0 Å². The van der Waals surface area contributed by atoms with Gasteiger partial charge in [-0.25, -0.2) is 0 Å². The van der Waals surface area contributed by atoms with Crippen molar-refractivity contribution in [1.29, 1.82) is 0 Å². The van der Waals surface area contributed by atoms with E-state index in [1.807, 2.05) is 0 Å². The molecule has 0 aliphatic heterocycles. The van der Waals surface area contributed by atoms with Crippen molar-refractivity contribution in [3.05, 3.63) is 50.6 Å². The molecule has 0 radical (unpaired) electrons. The van der Waals surface area contributed by atoms with Gasteiger partial charge in [0.05, 0.1) is 22.6 Å². The molecule has 0 amide bonds. The van der Waals surface area contributed by atoms with Crippen LogP contribution in [0.25, 0.3) is 0 Å². The van der Waals surface area contributed by atoms with E-state index in [1.54, 1.807) is 0 Å². The molecule has 0 rings (SSSR count). The van der Waals surface area contributed by atoms with Crippen molar-refractivity contribution in [2.75, 3.05) is 0 Å². The summed E-state index contributed by atoms with van der Waals surface area (Å²) in [5, 5.41) is 0. The Morgan fingerprint density at radius 2 is 0.720 bits per heavy atom. The van der Waals surface area contributed by atoms with Gasteiger partial charge in [-0.3, -0.25) is 0 Å². The lowest BCUT2D eigenvalue weighted by atomic mass is 10.2. The molecular weight excluding hydrogens is 319 g/mol. The largest absolute Gasteiger partial charge is 0.0992 e. The topological polar surface area (TPSA) is 0 Å². The fourth-order valence-electron chi connectivity index (χ4n) is 4.75. The minimum atomic E-state index is -1.48. The first-order chi connectivity index (χ1) is 12.1. The van der Waals surface area contributed by atoms with E-state index < -0.39 is 7.26 Å². The average Bonchev–Trinajstić information content (AvgIpc) is 2.63. The minimum absolute atomic E-state index is 0.580. The summed E-state index contributed by atoms with van der Waals surface area (Å²) in [6.07, 6.45) is 18.9. The Morgan fingerprint density at radius 3 is 0.840 bits per heavy atom. The molecule has 1 heteroatoms. The number of hydrogen-bond donors (Lipinski definition) is 0. The van der Waals surface area contributed by atoms with Gasteiger partial charge in [0, 0.05) is 7.26 Å². The molecule has 0 spiro atoms. The molecule has 0 saturated heterocycles. The van der Waals surface area contributed by atoms with Crippen LogP contribution in [-0.4, -0.2) is 22.6 Å². The molecule has 0 aliphatic carbocycles. The highest BCUT2D eigenvalue weighted by Gasteiger charge is 2.57. The standard InChI is InChI=1S/C24H44P/c1-9-17-21(13-5)25(22(14-6)18-10-2,23(15-7)19-11-3)24(16-8)20-12-4/h13-16,21-24H,5-12,17-20H2,1-4H3/q+1. The van der Waals surface area contributed by atoms with Crippen LogP contribution in [0, 0.1) is 0 Å². The van der Waals surface area contributed by atoms with Crippen molar-refractivity contribution in [2.45, 2.75) is 102 Å². The van der Waals surface area contributed by atoms with Crippen LogP contribution in [-0.2, 0) is 0 Å². The molecular formula is C24H44P+. The van der Waals surface area contributed by atoms with Crippen LogP contribution >= 0.6 is 7.26 Å². The second kappa shape index (κ2) is 13.6. The average molecular weight is 364 g/mol. The summed E-state index contributed by atoms with van der Waals surface area (Å²) in [4.78, 5) is 0. The third-order valence-electron chi connectivity index (χ3n) is 5.72. The highest BCUT2D eigenvalue weighted by Crippen LogP contribution is 2.78. The zero-order valence-electron chi connectivity index (χ0n) is 17.6. The Kier molecular flexibility index (Phi) is 13.2. The fraction of sp³-hybridized carbons (Fsp3) is 0.667. The summed E-state index contributed by atoms with van der Waals surface area (Å²) in [5.41, 5.74) is 2.32. The van der Waals surface area contributed by atoms with Gasteiger partial charge in [0.2, 0.25) is 0 Å². The molecule has 0 bridgehead atoms. The van der Waals surface area contributed by atoms with Gasteiger partial charge in [0.1, 0.15) is 0 Å². The number of allylic oxidation sites excluding steroid dienone is 4. The summed E-state index contributed by atoms with van der Waals surface area (Å²) < 4.78 is 0. The Hall–Kier alpha value is -0.610. The first kappa shape index (κ1) is 24.4. The normalized spacial score (nSPS) is 18.4. The van der Waals surface area contributed by atoms with E-state index >= 15 is 0 Å². The molecule has 4 atom stereocenters. The number of hydrogen-bond acceptors (Lipinski definition) is 0. The van der Waals surface area contributed by atoms with Crippen LogP contribution in [0.15, 0.2) is 50.6 Å². The lowest BCUT2D eigenvalue weighted by molar-refractivity contribution is 0.704. The van der Waals surface area contributed by atoms with E-state index in [4.69, 9.17) is 0 Å². The molecule has 0 fully saturated rings. The summed E-state index contributed by atoms with van der Waals surface area (Å²) in [6.45, 7) is 26.4. The van der Waals surface area contributed by atoms with Crippen molar-refractivity contribution in [1.82, 2.24) is 0 Å². The molecule has 0 aromatic rings. The van der Waals surface area contributed by atoms with E-state index in [0.29, 0.717) is 22.6 Å². The monoisotopic (exact) mass is 363 g/mol. The quantitative estimate of drug-likeness (QED) is 0.191. The van der Waals surface area contributed by atoms with Crippen LogP contribution in [0.5, 0.6) is 0 Å². The zero-order chi connectivity index (χ0) is 19.3. The van der Waals surface area contributed by atoms with E-state index in [1.165, 1.54) is 51.4 Å². The Morgan fingerprint density at radius 1 is 0.520 bits per heavy atom. The summed E-state index contributed by atoms with van der Waals surface area (Å²) in [5.74, 6) is 0. The van der Waals surface area contributed by atoms with Crippen LogP contribution in [0.3, 0.4) is 0 Å². The van der Waals surface area contributed by atoms with Gasteiger partial charge in [0.25, 0.3) is 0 Å². The van der Waals surface area contributed by atoms with Crippen LogP contribution in [0.4, 0.5) is 0 Å². The predicted octanol–water partition coefficient (Wildman–Crippen LogP) is 8.42. The van der Waals surface area contributed by atoms with Gasteiger partial charge in [-0.1, -0.05) is 104 Å². The van der Waals surface area contributed by atoms with E-state index in [9.17, 15) is 0 Å². The summed E-state index contributed by atoms with van der Waals surface area (Å²) in [6, 6.07) is 0. The van der Waals surface area contributed by atoms with Crippen LogP contribution in [0.1, 0.15) is 79.1 Å². The Balaban J connectivity index is 6.62. The van der Waals surface area contributed by atoms with Gasteiger partial charge in [-0.2, -0.15) is 0 Å². The Bertz CT molecular complexity index is 317. The second-order valence-corrected chi connectivity index (χ2v) is 11.7. The number of rotatable bonds is 16. The highest BCUT2D eigenvalue weighted by molar-refractivity contribution is 7.79. The third-order valence-corrected chi connectivity index (χ3v) is 12.2. The molecule has 0 heterocycles. The summed E-state index contributed by atoms with van der Waals surface area (Å²) >= 11 is 0. The molecule has 0 saturated carbocycles. The highest BCUT2D eigenvalue weighted by atomic mass is 31.2. The van der Waals surface area contributed by atoms with Crippen molar-refractivity contribution >= 4 is 7.26 Å². The lowest BCUT2D eigenvalue weighted by Gasteiger charge is -2.47. The van der Waals surface area contributed by atoms with Gasteiger partial charge in [0.15, 0.2) is 0 Å². The van der Waals surface area contributed by atoms with Gasteiger partial charge < -0.3 is 0 Å². The second-order valence-electron chi connectivity index (χ2n) is 7.26. The van der Waals surface area contributed by atoms with Crippen molar-refractivity contribution in [2.24, 2.45) is 0 Å². The maximum Gasteiger partial charge on any atom is 0.0890 e. The third kappa shape index (κ3) is 5.68. The minimum Gasteiger partial charge on any atom is -0.0992 e. The van der Waals surface area contributed by atoms with Crippen molar-refractivity contribution in [3.8, 4) is 0 Å². The molecule has 4 unspecified atom stereocenters. The molecule has 0 nitrogen and oxygen atoms in total. The fourth-order valence-corrected chi connectivity index (χ4v) is 12.0. The van der Waals surface area contributed by atoms with Gasteiger partial charge in [-0.05, 0) is 25.7 Å². The van der Waals surface area contributed by atoms with Crippen molar-refractivity contribution < 1.29 is 0 Å².